The first-order valence-corrected chi connectivity index (χ1v) is 28.2. The van der Waals surface area contributed by atoms with Gasteiger partial charge in [0.15, 0.2) is 0 Å². The Morgan fingerprint density at radius 2 is 0.827 bits per heavy atom. The van der Waals surface area contributed by atoms with Crippen LogP contribution in [0.2, 0.25) is 0 Å². The fraction of sp³-hybridized carbons (Fsp3) is 0.0256. The van der Waals surface area contributed by atoms with E-state index in [1.54, 1.807) is 0 Å². The summed E-state index contributed by atoms with van der Waals surface area (Å²) in [5, 5.41) is 7.33. The summed E-state index contributed by atoms with van der Waals surface area (Å²) in [6, 6.07) is 105. The van der Waals surface area contributed by atoms with Crippen LogP contribution in [-0.4, -0.2) is 4.57 Å². The van der Waals surface area contributed by atoms with E-state index in [1.807, 2.05) is 6.07 Å². The molecule has 2 spiro atoms. The zero-order valence-corrected chi connectivity index (χ0v) is 43.9. The number of fused-ring (bicyclic) bond motifs is 27. The van der Waals surface area contributed by atoms with Crippen LogP contribution >= 0.6 is 0 Å². The van der Waals surface area contributed by atoms with Crippen LogP contribution in [0.1, 0.15) is 44.5 Å². The quantitative estimate of drug-likeness (QED) is 0.175. The van der Waals surface area contributed by atoms with Gasteiger partial charge in [0, 0.05) is 38.6 Å². The minimum absolute atomic E-state index is 0.546. The first-order valence-electron chi connectivity index (χ1n) is 28.2. The van der Waals surface area contributed by atoms with Crippen molar-refractivity contribution in [3.8, 4) is 50.2 Å². The largest absolute Gasteiger partial charge is 0.456 e. The van der Waals surface area contributed by atoms with Gasteiger partial charge in [0.2, 0.25) is 0 Å². The molecular formula is C78H46N2O. The van der Waals surface area contributed by atoms with E-state index < -0.39 is 10.8 Å². The van der Waals surface area contributed by atoms with Crippen LogP contribution in [0.4, 0.5) is 17.1 Å². The van der Waals surface area contributed by atoms with E-state index in [-0.39, 0.29) is 0 Å². The van der Waals surface area contributed by atoms with Crippen LogP contribution in [0.5, 0.6) is 0 Å². The molecule has 0 amide bonds. The molecule has 2 aromatic heterocycles. The molecule has 15 aromatic rings. The summed E-state index contributed by atoms with van der Waals surface area (Å²) < 4.78 is 8.97. The van der Waals surface area contributed by atoms with Crippen molar-refractivity contribution in [2.45, 2.75) is 10.8 Å². The summed E-state index contributed by atoms with van der Waals surface area (Å²) in [6.45, 7) is 0. The Kier molecular flexibility index (Phi) is 8.39. The number of nitrogens with zero attached hydrogens (tertiary/aromatic N) is 2. The number of hydrogen-bond donors (Lipinski definition) is 0. The molecule has 1 aliphatic heterocycles. The molecule has 3 heteroatoms. The van der Waals surface area contributed by atoms with Crippen molar-refractivity contribution < 1.29 is 4.42 Å². The minimum atomic E-state index is -0.616. The lowest BCUT2D eigenvalue weighted by molar-refractivity contribution is 0.669. The Balaban J connectivity index is 0.877. The highest BCUT2D eigenvalue weighted by molar-refractivity contribution is 6.13. The van der Waals surface area contributed by atoms with E-state index in [9.17, 15) is 0 Å². The monoisotopic (exact) mass is 1030 g/mol. The maximum Gasteiger partial charge on any atom is 0.136 e. The van der Waals surface area contributed by atoms with Crippen molar-refractivity contribution in [2.75, 3.05) is 4.90 Å². The second kappa shape index (κ2) is 15.6. The average molecular weight is 1030 g/mol. The van der Waals surface area contributed by atoms with Gasteiger partial charge < -0.3 is 13.9 Å². The number of rotatable bonds is 4. The molecule has 81 heavy (non-hydrogen) atoms. The number of anilines is 3. The van der Waals surface area contributed by atoms with Gasteiger partial charge in [-0.2, -0.15) is 0 Å². The Morgan fingerprint density at radius 3 is 1.58 bits per heavy atom. The Morgan fingerprint density at radius 1 is 0.296 bits per heavy atom. The molecule has 0 radical (unpaired) electrons. The van der Waals surface area contributed by atoms with E-state index in [0.29, 0.717) is 0 Å². The van der Waals surface area contributed by atoms with Crippen molar-refractivity contribution in [1.82, 2.24) is 4.57 Å². The molecular weight excluding hydrogens is 981 g/mol. The smallest absolute Gasteiger partial charge is 0.136 e. The molecule has 3 heterocycles. The fourth-order valence-corrected chi connectivity index (χ4v) is 15.9. The molecule has 3 nitrogen and oxygen atoms in total. The summed E-state index contributed by atoms with van der Waals surface area (Å²) in [4.78, 5) is 2.53. The lowest BCUT2D eigenvalue weighted by atomic mass is 9.65. The standard InChI is InChI=1S/C78H46N2O/c1-2-17-53-48(16-1)35-43-67-75(53)62-42-39-52(46-70(62)77(67)63-24-8-3-18-54(63)55-19-4-9-25-64(55)77)79(50-36-32-47(33-37-50)49-34-40-60-59-22-7-14-31-73(59)81-74(60)44-49)51-38-41-57-56-20-5-10-26-65(56)78(69(57)45-51)66-27-11-13-30-72(66)80-71-29-12-6-21-58(71)61-23-15-28-68(78)76(61)80/h1-46H. The van der Waals surface area contributed by atoms with Gasteiger partial charge in [-0.1, -0.05) is 212 Å². The highest BCUT2D eigenvalue weighted by atomic mass is 16.3. The second-order valence-corrected chi connectivity index (χ2v) is 22.6. The molecule has 374 valence electrons. The van der Waals surface area contributed by atoms with Crippen LogP contribution in [0, 0.1) is 0 Å². The van der Waals surface area contributed by atoms with Crippen LogP contribution in [0.3, 0.4) is 0 Å². The van der Waals surface area contributed by atoms with E-state index in [4.69, 9.17) is 4.42 Å². The topological polar surface area (TPSA) is 21.3 Å². The number of furan rings is 1. The van der Waals surface area contributed by atoms with Crippen LogP contribution in [-0.2, 0) is 10.8 Å². The zero-order valence-electron chi connectivity index (χ0n) is 43.9. The third-order valence-electron chi connectivity index (χ3n) is 19.0. The van der Waals surface area contributed by atoms with Crippen LogP contribution in [0.25, 0.3) is 105 Å². The molecule has 13 aromatic carbocycles. The van der Waals surface area contributed by atoms with E-state index in [0.717, 1.165) is 50.1 Å². The Labute approximate surface area is 467 Å². The van der Waals surface area contributed by atoms with Crippen molar-refractivity contribution in [2.24, 2.45) is 0 Å². The SMILES string of the molecule is c1ccc2c(c1)-c1ccccc1C21c2cc(N(c3ccc(-c4ccc5c(c4)oc4ccccc45)cc3)c3ccc4c(c3)C3(c5ccccc5-4)c4ccccc4-n4c5ccccc5c5cccc3c54)ccc2-c2c1ccc1ccccc21. The third kappa shape index (κ3) is 5.39. The summed E-state index contributed by atoms with van der Waals surface area (Å²) in [5.74, 6) is 0. The number of benzene rings is 13. The molecule has 0 saturated carbocycles. The molecule has 0 fully saturated rings. The van der Waals surface area contributed by atoms with Gasteiger partial charge in [-0.15, -0.1) is 0 Å². The molecule has 0 saturated heterocycles. The maximum atomic E-state index is 6.43. The van der Waals surface area contributed by atoms with Crippen molar-refractivity contribution in [3.63, 3.8) is 0 Å². The highest BCUT2D eigenvalue weighted by Crippen LogP contribution is 2.66. The lowest BCUT2D eigenvalue weighted by Gasteiger charge is -2.40. The van der Waals surface area contributed by atoms with E-state index >= 15 is 0 Å². The van der Waals surface area contributed by atoms with Crippen molar-refractivity contribution in [1.29, 1.82) is 0 Å². The van der Waals surface area contributed by atoms with Gasteiger partial charge in [0.25, 0.3) is 0 Å². The predicted octanol–water partition coefficient (Wildman–Crippen LogP) is 20.0. The van der Waals surface area contributed by atoms with Crippen LogP contribution < -0.4 is 4.90 Å². The molecule has 1 unspecified atom stereocenters. The normalized spacial score (nSPS) is 15.3. The van der Waals surface area contributed by atoms with Gasteiger partial charge in [-0.3, -0.25) is 0 Å². The van der Waals surface area contributed by atoms with Gasteiger partial charge in [-0.25, -0.2) is 0 Å². The minimum Gasteiger partial charge on any atom is -0.456 e. The molecule has 1 atom stereocenters. The zero-order chi connectivity index (χ0) is 52.7. The number of hydrogen-bond acceptors (Lipinski definition) is 2. The van der Waals surface area contributed by atoms with E-state index in [2.05, 4.69) is 282 Å². The summed E-state index contributed by atoms with van der Waals surface area (Å²) in [6.07, 6.45) is 0. The van der Waals surface area contributed by atoms with Crippen molar-refractivity contribution >= 4 is 71.6 Å². The van der Waals surface area contributed by atoms with Gasteiger partial charge in [0.1, 0.15) is 11.2 Å². The Bertz CT molecular complexity index is 5220. The number of aromatic nitrogens is 1. The van der Waals surface area contributed by atoms with E-state index in [1.165, 1.54) is 116 Å². The molecule has 19 rings (SSSR count). The first-order chi connectivity index (χ1) is 40.2. The third-order valence-corrected chi connectivity index (χ3v) is 19.0. The predicted molar refractivity (Wildman–Crippen MR) is 333 cm³/mol. The average Bonchev–Trinajstić information content (AvgIpc) is 4.34. The maximum absolute atomic E-state index is 6.43. The van der Waals surface area contributed by atoms with Gasteiger partial charge in [-0.05, 0) is 167 Å². The first kappa shape index (κ1) is 43.5. The van der Waals surface area contributed by atoms with Gasteiger partial charge >= 0.3 is 0 Å². The number of para-hydroxylation sites is 4. The summed E-state index contributed by atoms with van der Waals surface area (Å²) in [7, 11) is 0. The summed E-state index contributed by atoms with van der Waals surface area (Å²) >= 11 is 0. The molecule has 0 bridgehead atoms. The molecule has 0 N–H and O–H groups in total. The Hall–Kier alpha value is -10.5. The lowest BCUT2D eigenvalue weighted by Crippen LogP contribution is -2.33. The molecule has 4 aliphatic rings. The van der Waals surface area contributed by atoms with Crippen LogP contribution in [0.15, 0.2) is 283 Å². The second-order valence-electron chi connectivity index (χ2n) is 22.6. The molecule has 3 aliphatic carbocycles. The summed E-state index contributed by atoms with van der Waals surface area (Å²) in [5.41, 5.74) is 28.1. The fourth-order valence-electron chi connectivity index (χ4n) is 15.9. The van der Waals surface area contributed by atoms with Gasteiger partial charge in [0.05, 0.1) is 27.6 Å². The highest BCUT2D eigenvalue weighted by Gasteiger charge is 2.53. The van der Waals surface area contributed by atoms with Crippen molar-refractivity contribution in [3.05, 3.63) is 324 Å².